The van der Waals surface area contributed by atoms with Gasteiger partial charge in [-0.2, -0.15) is 0 Å². The van der Waals surface area contributed by atoms with Crippen molar-refractivity contribution in [2.45, 2.75) is 45.3 Å². The molecule has 0 aliphatic heterocycles. The fourth-order valence-electron chi connectivity index (χ4n) is 3.64. The van der Waals surface area contributed by atoms with Crippen LogP contribution in [0.25, 0.3) is 16.3 Å². The lowest BCUT2D eigenvalue weighted by Crippen LogP contribution is -2.49. The highest BCUT2D eigenvalue weighted by atomic mass is 16.5. The molecule has 0 aromatic heterocycles. The molecule has 0 unspecified atom stereocenters. The van der Waals surface area contributed by atoms with Crippen LogP contribution in [0.5, 0.6) is 0 Å². The molecule has 3 heteroatoms. The Balaban J connectivity index is 1.55. The summed E-state index contributed by atoms with van der Waals surface area (Å²) in [5.41, 5.74) is 3.50. The van der Waals surface area contributed by atoms with Crippen molar-refractivity contribution in [2.24, 2.45) is 5.92 Å². The van der Waals surface area contributed by atoms with Crippen LogP contribution in [0.1, 0.15) is 39.7 Å². The molecule has 0 bridgehead atoms. The van der Waals surface area contributed by atoms with Gasteiger partial charge in [0.05, 0.1) is 11.2 Å². The molecule has 2 aromatic carbocycles. The minimum Gasteiger partial charge on any atom is -0.427 e. The van der Waals surface area contributed by atoms with Crippen molar-refractivity contribution in [1.82, 2.24) is 0 Å². The third kappa shape index (κ3) is 4.17. The van der Waals surface area contributed by atoms with Gasteiger partial charge >= 0.3 is 7.48 Å². The second kappa shape index (κ2) is 7.48. The van der Waals surface area contributed by atoms with E-state index in [4.69, 9.17) is 4.65 Å². The maximum absolute atomic E-state index is 10.3. The Kier molecular flexibility index (Phi) is 5.14. The molecule has 1 N–H and O–H groups in total. The first-order chi connectivity index (χ1) is 13.7. The van der Waals surface area contributed by atoms with Crippen molar-refractivity contribution in [3.63, 3.8) is 0 Å². The van der Waals surface area contributed by atoms with Gasteiger partial charge in [-0.05, 0) is 67.7 Å². The molecular weight excluding hydrogens is 355 g/mol. The fourth-order valence-corrected chi connectivity index (χ4v) is 3.64. The second-order valence-electron chi connectivity index (χ2n) is 9.15. The van der Waals surface area contributed by atoms with Gasteiger partial charge in [0.2, 0.25) is 0 Å². The normalized spacial score (nSPS) is 19.0. The van der Waals surface area contributed by atoms with E-state index in [1.807, 2.05) is 13.8 Å². The maximum Gasteiger partial charge on any atom is 0.309 e. The average Bonchev–Trinajstić information content (AvgIpc) is 2.70. The Bertz CT molecular complexity index is 1050. The molecule has 0 heterocycles. The molecule has 2 aliphatic carbocycles. The van der Waals surface area contributed by atoms with E-state index < -0.39 is 11.2 Å². The largest absolute Gasteiger partial charge is 0.427 e. The second-order valence-corrected chi connectivity index (χ2v) is 9.15. The minimum atomic E-state index is -0.900. The Labute approximate surface area is 174 Å². The third-order valence-corrected chi connectivity index (χ3v) is 6.38. The van der Waals surface area contributed by atoms with Crippen molar-refractivity contribution in [3.05, 3.63) is 84.0 Å². The van der Waals surface area contributed by atoms with Gasteiger partial charge in [-0.25, -0.2) is 0 Å². The van der Waals surface area contributed by atoms with E-state index in [0.29, 0.717) is 13.4 Å². The van der Waals surface area contributed by atoms with Gasteiger partial charge in [-0.3, -0.25) is 0 Å². The zero-order chi connectivity index (χ0) is 20.6. The molecule has 29 heavy (non-hydrogen) atoms. The lowest BCUT2D eigenvalue weighted by atomic mass is 9.81. The molecule has 0 radical (unpaired) electrons. The first kappa shape index (κ1) is 19.9. The Morgan fingerprint density at radius 1 is 1.03 bits per heavy atom. The van der Waals surface area contributed by atoms with Crippen LogP contribution < -0.4 is 5.46 Å². The molecule has 0 spiro atoms. The van der Waals surface area contributed by atoms with Crippen LogP contribution >= 0.6 is 0 Å². The van der Waals surface area contributed by atoms with Crippen LogP contribution in [-0.2, 0) is 4.65 Å². The molecule has 0 saturated carbocycles. The van der Waals surface area contributed by atoms with Gasteiger partial charge in [-0.15, -0.1) is 0 Å². The lowest BCUT2D eigenvalue weighted by molar-refractivity contribution is -0.0893. The van der Waals surface area contributed by atoms with Crippen molar-refractivity contribution in [1.29, 1.82) is 0 Å². The van der Waals surface area contributed by atoms with Gasteiger partial charge in [0.1, 0.15) is 0 Å². The molecule has 0 amide bonds. The number of hydrogen-bond acceptors (Lipinski definition) is 2. The zero-order valence-electron chi connectivity index (χ0n) is 17.8. The summed E-state index contributed by atoms with van der Waals surface area (Å²) in [5.74, 6) is 0.528. The third-order valence-electron chi connectivity index (χ3n) is 6.38. The van der Waals surface area contributed by atoms with Crippen LogP contribution in [0.15, 0.2) is 78.4 Å². The summed E-state index contributed by atoms with van der Waals surface area (Å²) in [5, 5.41) is 12.7. The predicted molar refractivity (Wildman–Crippen MR) is 125 cm³/mol. The number of allylic oxidation sites excluding steroid dienone is 8. The van der Waals surface area contributed by atoms with Crippen LogP contribution in [0.4, 0.5) is 0 Å². The average molecular weight is 384 g/mol. The lowest BCUT2D eigenvalue weighted by Gasteiger charge is -2.37. The SMILES string of the molecule is CC(C)(O)C(C)(C)OBc1ccc2cc(C3=CC4=CC=CC[C@@H]4C=C3)ccc2c1. The topological polar surface area (TPSA) is 29.5 Å². The highest BCUT2D eigenvalue weighted by Gasteiger charge is 2.35. The number of aliphatic hydroxyl groups is 1. The maximum atomic E-state index is 10.3. The monoisotopic (exact) mass is 384 g/mol. The molecule has 0 saturated heterocycles. The first-order valence-electron chi connectivity index (χ1n) is 10.4. The smallest absolute Gasteiger partial charge is 0.309 e. The van der Waals surface area contributed by atoms with Gasteiger partial charge in [0.25, 0.3) is 0 Å². The first-order valence-corrected chi connectivity index (χ1v) is 10.4. The Morgan fingerprint density at radius 2 is 1.79 bits per heavy atom. The molecule has 2 aliphatic rings. The van der Waals surface area contributed by atoms with Crippen LogP contribution in [0.2, 0.25) is 0 Å². The van der Waals surface area contributed by atoms with Gasteiger partial charge in [0.15, 0.2) is 0 Å². The van der Waals surface area contributed by atoms with E-state index in [-0.39, 0.29) is 0 Å². The quantitative estimate of drug-likeness (QED) is 0.748. The van der Waals surface area contributed by atoms with Crippen molar-refractivity contribution in [3.8, 4) is 0 Å². The minimum absolute atomic E-state index is 0.478. The van der Waals surface area contributed by atoms with Crippen molar-refractivity contribution < 1.29 is 9.76 Å². The van der Waals surface area contributed by atoms with Gasteiger partial charge < -0.3 is 9.76 Å². The molecule has 1 atom stereocenters. The van der Waals surface area contributed by atoms with Crippen LogP contribution in [-0.4, -0.2) is 23.8 Å². The van der Waals surface area contributed by atoms with Crippen LogP contribution in [0, 0.1) is 5.92 Å². The van der Waals surface area contributed by atoms with E-state index >= 15 is 0 Å². The van der Waals surface area contributed by atoms with Crippen molar-refractivity contribution in [2.75, 3.05) is 0 Å². The van der Waals surface area contributed by atoms with Crippen molar-refractivity contribution >= 4 is 29.3 Å². The molecule has 148 valence electrons. The van der Waals surface area contributed by atoms with E-state index in [2.05, 4.69) is 72.9 Å². The van der Waals surface area contributed by atoms with E-state index in [1.165, 1.54) is 27.5 Å². The fraction of sp³-hybridized carbons (Fsp3) is 0.308. The summed E-state index contributed by atoms with van der Waals surface area (Å²) >= 11 is 0. The number of hydrogen-bond donors (Lipinski definition) is 1. The van der Waals surface area contributed by atoms with Gasteiger partial charge in [0, 0.05) is 5.92 Å². The Hall–Kier alpha value is -2.36. The standard InChI is InChI=1S/C26H29BO2/c1-25(2,28)26(3,4)29-27-24-14-13-22-16-21(11-12-23(22)17-24)20-10-9-18-7-5-6-8-19(18)15-20/h5-6,8-18,27-28H,7H2,1-4H3/t18-/m1/s1. The summed E-state index contributed by atoms with van der Waals surface area (Å²) in [4.78, 5) is 0. The molecule has 0 fully saturated rings. The highest BCUT2D eigenvalue weighted by molar-refractivity contribution is 6.47. The van der Waals surface area contributed by atoms with Crippen LogP contribution in [0.3, 0.4) is 0 Å². The predicted octanol–water partition coefficient (Wildman–Crippen LogP) is 4.84. The summed E-state index contributed by atoms with van der Waals surface area (Å²) < 4.78 is 6.02. The van der Waals surface area contributed by atoms with E-state index in [1.54, 1.807) is 13.8 Å². The van der Waals surface area contributed by atoms with Gasteiger partial charge in [-0.1, -0.05) is 72.3 Å². The molecule has 2 nitrogen and oxygen atoms in total. The van der Waals surface area contributed by atoms with E-state index in [0.717, 1.165) is 11.9 Å². The highest BCUT2D eigenvalue weighted by Crippen LogP contribution is 2.33. The zero-order valence-corrected chi connectivity index (χ0v) is 17.8. The summed E-state index contributed by atoms with van der Waals surface area (Å²) in [6.45, 7) is 7.41. The summed E-state index contributed by atoms with van der Waals surface area (Å²) in [6, 6.07) is 13.1. The van der Waals surface area contributed by atoms with E-state index in [9.17, 15) is 5.11 Å². The summed E-state index contributed by atoms with van der Waals surface area (Å²) in [7, 11) is 0.478. The number of rotatable bonds is 5. The number of benzene rings is 2. The summed E-state index contributed by atoms with van der Waals surface area (Å²) in [6.07, 6.45) is 14.6. The molecule has 4 rings (SSSR count). The number of fused-ring (bicyclic) bond motifs is 2. The Morgan fingerprint density at radius 3 is 2.59 bits per heavy atom. The molecular formula is C26H29BO2. The molecule has 2 aromatic rings.